The minimum Gasteiger partial charge on any atom is -0.491 e. The van der Waals surface area contributed by atoms with Crippen LogP contribution in [0.1, 0.15) is 57.9 Å². The minimum atomic E-state index is -0.0196. The highest BCUT2D eigenvalue weighted by atomic mass is 16.5. The van der Waals surface area contributed by atoms with E-state index in [-0.39, 0.29) is 12.1 Å². The van der Waals surface area contributed by atoms with Crippen molar-refractivity contribution in [1.82, 2.24) is 10.6 Å². The second-order valence-corrected chi connectivity index (χ2v) is 6.65. The molecule has 0 radical (unpaired) electrons. The first-order valence-electron chi connectivity index (χ1n) is 8.93. The molecule has 0 aliphatic heterocycles. The van der Waals surface area contributed by atoms with E-state index in [1.54, 1.807) is 0 Å². The van der Waals surface area contributed by atoms with E-state index in [0.717, 1.165) is 31.4 Å². The second kappa shape index (κ2) is 9.43. The molecule has 128 valence electrons. The van der Waals surface area contributed by atoms with Crippen LogP contribution < -0.4 is 15.4 Å². The number of rotatable bonds is 7. The standard InChI is InChI=1S/C19H30N2O2/c1-15(2)23-18-12-6-8-16(14-18)9-7-13-20-19(22)21-17-10-4-3-5-11-17/h6,8,12,14-15,17H,3-5,7,9-11,13H2,1-2H3,(H2,20,21,22). The van der Waals surface area contributed by atoms with Crippen LogP contribution in [0.4, 0.5) is 4.79 Å². The van der Waals surface area contributed by atoms with Crippen LogP contribution >= 0.6 is 0 Å². The fourth-order valence-corrected chi connectivity index (χ4v) is 3.02. The molecule has 2 amide bonds. The fraction of sp³-hybridized carbons (Fsp3) is 0.632. The summed E-state index contributed by atoms with van der Waals surface area (Å²) in [4.78, 5) is 11.9. The second-order valence-electron chi connectivity index (χ2n) is 6.65. The third-order valence-corrected chi connectivity index (χ3v) is 4.14. The molecule has 1 aliphatic rings. The van der Waals surface area contributed by atoms with Gasteiger partial charge < -0.3 is 15.4 Å². The van der Waals surface area contributed by atoms with Gasteiger partial charge in [-0.3, -0.25) is 0 Å². The smallest absolute Gasteiger partial charge is 0.315 e. The highest BCUT2D eigenvalue weighted by Crippen LogP contribution is 2.17. The van der Waals surface area contributed by atoms with Gasteiger partial charge in [0.25, 0.3) is 0 Å². The van der Waals surface area contributed by atoms with Crippen LogP contribution in [0.25, 0.3) is 0 Å². The van der Waals surface area contributed by atoms with Crippen LogP contribution in [0, 0.1) is 0 Å². The molecular formula is C19H30N2O2. The summed E-state index contributed by atoms with van der Waals surface area (Å²) in [5.41, 5.74) is 1.25. The Morgan fingerprint density at radius 1 is 1.26 bits per heavy atom. The molecule has 0 heterocycles. The molecule has 1 aromatic rings. The number of urea groups is 1. The molecule has 0 unspecified atom stereocenters. The SMILES string of the molecule is CC(C)Oc1cccc(CCCNC(=O)NC2CCCCC2)c1. The summed E-state index contributed by atoms with van der Waals surface area (Å²) in [5, 5.41) is 6.04. The van der Waals surface area contributed by atoms with Crippen LogP contribution in [-0.2, 0) is 6.42 Å². The Kier molecular flexibility index (Phi) is 7.24. The van der Waals surface area contributed by atoms with Crippen molar-refractivity contribution in [2.45, 2.75) is 70.9 Å². The van der Waals surface area contributed by atoms with Crippen molar-refractivity contribution in [3.05, 3.63) is 29.8 Å². The number of carbonyl (C=O) groups excluding carboxylic acids is 1. The minimum absolute atomic E-state index is 0.0196. The van der Waals surface area contributed by atoms with Gasteiger partial charge >= 0.3 is 6.03 Å². The van der Waals surface area contributed by atoms with Crippen molar-refractivity contribution in [1.29, 1.82) is 0 Å². The molecular weight excluding hydrogens is 288 g/mol. The Bertz CT molecular complexity index is 482. The van der Waals surface area contributed by atoms with Crippen LogP contribution in [-0.4, -0.2) is 24.7 Å². The Morgan fingerprint density at radius 2 is 2.04 bits per heavy atom. The van der Waals surface area contributed by atoms with Crippen LogP contribution in [0.3, 0.4) is 0 Å². The van der Waals surface area contributed by atoms with Gasteiger partial charge in [-0.15, -0.1) is 0 Å². The number of benzene rings is 1. The topological polar surface area (TPSA) is 50.4 Å². The zero-order chi connectivity index (χ0) is 16.5. The lowest BCUT2D eigenvalue weighted by Crippen LogP contribution is -2.43. The molecule has 4 nitrogen and oxygen atoms in total. The Balaban J connectivity index is 1.63. The molecule has 0 spiro atoms. The summed E-state index contributed by atoms with van der Waals surface area (Å²) >= 11 is 0. The molecule has 2 N–H and O–H groups in total. The van der Waals surface area contributed by atoms with E-state index in [1.807, 2.05) is 26.0 Å². The average molecular weight is 318 g/mol. The first-order chi connectivity index (χ1) is 11.1. The maximum absolute atomic E-state index is 11.9. The summed E-state index contributed by atoms with van der Waals surface area (Å²) in [6, 6.07) is 8.55. The quantitative estimate of drug-likeness (QED) is 0.746. The normalized spacial score (nSPS) is 15.4. The Hall–Kier alpha value is -1.71. The molecule has 0 atom stereocenters. The van der Waals surface area contributed by atoms with Gasteiger partial charge in [0, 0.05) is 12.6 Å². The summed E-state index contributed by atoms with van der Waals surface area (Å²) < 4.78 is 5.70. The summed E-state index contributed by atoms with van der Waals surface area (Å²) in [6.07, 6.45) is 8.09. The molecule has 2 rings (SSSR count). The van der Waals surface area contributed by atoms with Crippen molar-refractivity contribution in [2.75, 3.05) is 6.54 Å². The molecule has 0 bridgehead atoms. The van der Waals surface area contributed by atoms with Crippen molar-refractivity contribution in [2.24, 2.45) is 0 Å². The van der Waals surface area contributed by atoms with Gasteiger partial charge in [0.1, 0.15) is 5.75 Å². The lowest BCUT2D eigenvalue weighted by Gasteiger charge is -2.22. The summed E-state index contributed by atoms with van der Waals surface area (Å²) in [5.74, 6) is 0.917. The predicted molar refractivity (Wildman–Crippen MR) is 93.9 cm³/mol. The van der Waals surface area contributed by atoms with Gasteiger partial charge in [0.05, 0.1) is 6.10 Å². The molecule has 1 fully saturated rings. The highest BCUT2D eigenvalue weighted by molar-refractivity contribution is 5.74. The van der Waals surface area contributed by atoms with Gasteiger partial charge in [0.15, 0.2) is 0 Å². The average Bonchev–Trinajstić information content (AvgIpc) is 2.52. The number of carbonyl (C=O) groups is 1. The number of nitrogens with one attached hydrogen (secondary N) is 2. The van der Waals surface area contributed by atoms with Crippen molar-refractivity contribution < 1.29 is 9.53 Å². The van der Waals surface area contributed by atoms with E-state index < -0.39 is 0 Å². The number of ether oxygens (including phenoxy) is 1. The third-order valence-electron chi connectivity index (χ3n) is 4.14. The van der Waals surface area contributed by atoms with Gasteiger partial charge in [-0.25, -0.2) is 4.79 Å². The lowest BCUT2D eigenvalue weighted by molar-refractivity contribution is 0.232. The molecule has 0 saturated heterocycles. The largest absolute Gasteiger partial charge is 0.491 e. The number of amides is 2. The molecule has 1 aliphatic carbocycles. The van der Waals surface area contributed by atoms with E-state index >= 15 is 0 Å². The van der Waals surface area contributed by atoms with Crippen molar-refractivity contribution in [3.63, 3.8) is 0 Å². The highest BCUT2D eigenvalue weighted by Gasteiger charge is 2.14. The van der Waals surface area contributed by atoms with Crippen molar-refractivity contribution in [3.8, 4) is 5.75 Å². The first-order valence-corrected chi connectivity index (χ1v) is 8.93. The Labute approximate surface area is 140 Å². The predicted octanol–water partition coefficient (Wildman–Crippen LogP) is 4.04. The number of hydrogen-bond donors (Lipinski definition) is 2. The van der Waals surface area contributed by atoms with Crippen molar-refractivity contribution >= 4 is 6.03 Å². The lowest BCUT2D eigenvalue weighted by atomic mass is 9.96. The number of aryl methyl sites for hydroxylation is 1. The summed E-state index contributed by atoms with van der Waals surface area (Å²) in [7, 11) is 0. The van der Waals surface area contributed by atoms with Crippen LogP contribution in [0.2, 0.25) is 0 Å². The molecule has 0 aromatic heterocycles. The van der Waals surface area contributed by atoms with E-state index in [9.17, 15) is 4.79 Å². The summed E-state index contributed by atoms with van der Waals surface area (Å²) in [6.45, 7) is 4.76. The first kappa shape index (κ1) is 17.6. The molecule has 1 saturated carbocycles. The van der Waals surface area contributed by atoms with Gasteiger partial charge in [-0.2, -0.15) is 0 Å². The van der Waals surface area contributed by atoms with Gasteiger partial charge in [-0.1, -0.05) is 31.4 Å². The zero-order valence-corrected chi connectivity index (χ0v) is 14.4. The maximum Gasteiger partial charge on any atom is 0.315 e. The van der Waals surface area contributed by atoms with E-state index in [1.165, 1.54) is 24.8 Å². The molecule has 1 aromatic carbocycles. The van der Waals surface area contributed by atoms with Gasteiger partial charge in [-0.05, 0) is 57.2 Å². The molecule has 4 heteroatoms. The maximum atomic E-state index is 11.9. The zero-order valence-electron chi connectivity index (χ0n) is 14.4. The Morgan fingerprint density at radius 3 is 2.78 bits per heavy atom. The van der Waals surface area contributed by atoms with Crippen LogP contribution in [0.5, 0.6) is 5.75 Å². The van der Waals surface area contributed by atoms with E-state index in [0.29, 0.717) is 12.6 Å². The third kappa shape index (κ3) is 6.93. The number of hydrogen-bond acceptors (Lipinski definition) is 2. The van der Waals surface area contributed by atoms with E-state index in [4.69, 9.17) is 4.74 Å². The van der Waals surface area contributed by atoms with Crippen LogP contribution in [0.15, 0.2) is 24.3 Å². The monoisotopic (exact) mass is 318 g/mol. The molecule has 23 heavy (non-hydrogen) atoms. The fourth-order valence-electron chi connectivity index (χ4n) is 3.02. The van der Waals surface area contributed by atoms with E-state index in [2.05, 4.69) is 22.8 Å². The van der Waals surface area contributed by atoms with Gasteiger partial charge in [0.2, 0.25) is 0 Å².